The number of phenolic OH excluding ortho intramolecular Hbond substituents is 1. The monoisotopic (exact) mass is 398 g/mol. The van der Waals surface area contributed by atoms with Crippen LogP contribution in [-0.2, 0) is 16.6 Å². The molecule has 0 aliphatic heterocycles. The summed E-state index contributed by atoms with van der Waals surface area (Å²) in [7, 11) is -3.86. The molecule has 6 nitrogen and oxygen atoms in total. The van der Waals surface area contributed by atoms with Gasteiger partial charge < -0.3 is 10.4 Å². The number of amides is 1. The van der Waals surface area contributed by atoms with Gasteiger partial charge in [0, 0.05) is 24.2 Å². The molecule has 9 heteroatoms. The average Bonchev–Trinajstić information content (AvgIpc) is 2.50. The van der Waals surface area contributed by atoms with E-state index in [2.05, 4.69) is 10.0 Å². The molecule has 0 heterocycles. The van der Waals surface area contributed by atoms with Crippen molar-refractivity contribution in [2.24, 2.45) is 0 Å². The number of hydrogen-bond donors (Lipinski definition) is 3. The van der Waals surface area contributed by atoms with Gasteiger partial charge in [-0.3, -0.25) is 4.79 Å². The summed E-state index contributed by atoms with van der Waals surface area (Å²) in [5.74, 6) is -4.09. The van der Waals surface area contributed by atoms with Gasteiger partial charge in [-0.1, -0.05) is 18.2 Å². The normalized spacial score (nSPS) is 12.0. The molecule has 2 aromatic rings. The number of rotatable bonds is 5. The predicted molar refractivity (Wildman–Crippen MR) is 95.7 cm³/mol. The zero-order valence-corrected chi connectivity index (χ0v) is 15.8. The summed E-state index contributed by atoms with van der Waals surface area (Å²) >= 11 is 0. The summed E-state index contributed by atoms with van der Waals surface area (Å²) in [6.07, 6.45) is 0. The highest BCUT2D eigenvalue weighted by Crippen LogP contribution is 2.23. The Morgan fingerprint density at radius 1 is 1.15 bits per heavy atom. The fourth-order valence-corrected chi connectivity index (χ4v) is 4.08. The SMILES string of the molecule is CC(C)(C)NS(=O)(=O)c1ccccc1CNC(=O)c1c(O)cc(F)cc1F. The Kier molecular flexibility index (Phi) is 5.86. The van der Waals surface area contributed by atoms with E-state index in [0.29, 0.717) is 12.1 Å². The van der Waals surface area contributed by atoms with Gasteiger partial charge in [0.15, 0.2) is 0 Å². The van der Waals surface area contributed by atoms with Crippen LogP contribution in [0.15, 0.2) is 41.3 Å². The molecule has 27 heavy (non-hydrogen) atoms. The Labute approximate surface area is 156 Å². The van der Waals surface area contributed by atoms with Crippen molar-refractivity contribution < 1.29 is 27.1 Å². The molecule has 0 bridgehead atoms. The molecule has 0 aliphatic rings. The van der Waals surface area contributed by atoms with Crippen molar-refractivity contribution in [3.8, 4) is 5.75 Å². The van der Waals surface area contributed by atoms with E-state index in [9.17, 15) is 27.1 Å². The fraction of sp³-hybridized carbons (Fsp3) is 0.278. The van der Waals surface area contributed by atoms with Crippen molar-refractivity contribution in [1.29, 1.82) is 0 Å². The molecule has 0 saturated carbocycles. The van der Waals surface area contributed by atoms with Crippen LogP contribution in [0.2, 0.25) is 0 Å². The molecule has 0 radical (unpaired) electrons. The molecule has 2 rings (SSSR count). The third-order valence-corrected chi connectivity index (χ3v) is 5.26. The highest BCUT2D eigenvalue weighted by Gasteiger charge is 2.25. The summed E-state index contributed by atoms with van der Waals surface area (Å²) in [4.78, 5) is 12.1. The Bertz CT molecular complexity index is 947. The minimum absolute atomic E-state index is 0.0379. The van der Waals surface area contributed by atoms with E-state index in [1.807, 2.05) is 0 Å². The van der Waals surface area contributed by atoms with Crippen LogP contribution in [-0.4, -0.2) is 25.0 Å². The van der Waals surface area contributed by atoms with Crippen LogP contribution in [0.25, 0.3) is 0 Å². The minimum atomic E-state index is -3.86. The van der Waals surface area contributed by atoms with Gasteiger partial charge in [-0.25, -0.2) is 21.9 Å². The first-order valence-corrected chi connectivity index (χ1v) is 9.47. The standard InChI is InChI=1S/C18H20F2N2O4S/c1-18(2,3)22-27(25,26)15-7-5-4-6-11(15)10-21-17(24)16-13(20)8-12(19)9-14(16)23/h4-9,22-23H,10H2,1-3H3,(H,21,24). The van der Waals surface area contributed by atoms with Gasteiger partial charge in [0.25, 0.3) is 5.91 Å². The maximum Gasteiger partial charge on any atom is 0.258 e. The first-order valence-electron chi connectivity index (χ1n) is 7.99. The molecule has 0 atom stereocenters. The highest BCUT2D eigenvalue weighted by atomic mass is 32.2. The van der Waals surface area contributed by atoms with Crippen molar-refractivity contribution >= 4 is 15.9 Å². The highest BCUT2D eigenvalue weighted by molar-refractivity contribution is 7.89. The lowest BCUT2D eigenvalue weighted by Crippen LogP contribution is -2.41. The Morgan fingerprint density at radius 3 is 2.37 bits per heavy atom. The zero-order chi connectivity index (χ0) is 20.4. The van der Waals surface area contributed by atoms with Crippen molar-refractivity contribution in [1.82, 2.24) is 10.0 Å². The van der Waals surface area contributed by atoms with E-state index in [1.165, 1.54) is 18.2 Å². The van der Waals surface area contributed by atoms with Gasteiger partial charge >= 0.3 is 0 Å². The lowest BCUT2D eigenvalue weighted by Gasteiger charge is -2.21. The van der Waals surface area contributed by atoms with E-state index in [1.54, 1.807) is 26.8 Å². The summed E-state index contributed by atoms with van der Waals surface area (Å²) in [5.41, 5.74) is -1.16. The largest absolute Gasteiger partial charge is 0.507 e. The molecule has 2 aromatic carbocycles. The number of nitrogens with one attached hydrogen (secondary N) is 2. The Hall–Kier alpha value is -2.52. The molecular weight excluding hydrogens is 378 g/mol. The third kappa shape index (κ3) is 5.24. The van der Waals surface area contributed by atoms with Crippen molar-refractivity contribution in [3.63, 3.8) is 0 Å². The number of benzene rings is 2. The molecule has 0 aromatic heterocycles. The molecular formula is C18H20F2N2O4S. The number of hydrogen-bond acceptors (Lipinski definition) is 4. The Balaban J connectivity index is 2.27. The lowest BCUT2D eigenvalue weighted by molar-refractivity contribution is 0.0943. The average molecular weight is 398 g/mol. The van der Waals surface area contributed by atoms with Crippen LogP contribution < -0.4 is 10.0 Å². The van der Waals surface area contributed by atoms with Crippen LogP contribution in [0.1, 0.15) is 36.7 Å². The maximum absolute atomic E-state index is 13.8. The molecule has 0 spiro atoms. The van der Waals surface area contributed by atoms with Crippen LogP contribution >= 0.6 is 0 Å². The van der Waals surface area contributed by atoms with E-state index in [4.69, 9.17) is 0 Å². The van der Waals surface area contributed by atoms with Crippen LogP contribution in [0, 0.1) is 11.6 Å². The summed E-state index contributed by atoms with van der Waals surface area (Å²) < 4.78 is 54.5. The van der Waals surface area contributed by atoms with Crippen LogP contribution in [0.5, 0.6) is 5.75 Å². The quantitative estimate of drug-likeness (QED) is 0.722. The molecule has 0 aliphatic carbocycles. The van der Waals surface area contributed by atoms with Gasteiger partial charge in [0.1, 0.15) is 22.9 Å². The number of sulfonamides is 1. The van der Waals surface area contributed by atoms with Crippen molar-refractivity contribution in [2.75, 3.05) is 0 Å². The number of carbonyl (C=O) groups is 1. The number of aromatic hydroxyl groups is 1. The number of carbonyl (C=O) groups excluding carboxylic acids is 1. The topological polar surface area (TPSA) is 95.5 Å². The van der Waals surface area contributed by atoms with Crippen LogP contribution in [0.3, 0.4) is 0 Å². The predicted octanol–water partition coefficient (Wildman–Crippen LogP) is 2.68. The second-order valence-electron chi connectivity index (χ2n) is 6.93. The van der Waals surface area contributed by atoms with E-state index < -0.39 is 44.4 Å². The smallest absolute Gasteiger partial charge is 0.258 e. The van der Waals surface area contributed by atoms with Gasteiger partial charge in [0.2, 0.25) is 10.0 Å². The molecule has 0 unspecified atom stereocenters. The van der Waals surface area contributed by atoms with E-state index >= 15 is 0 Å². The number of phenols is 1. The van der Waals surface area contributed by atoms with Gasteiger partial charge in [-0.2, -0.15) is 0 Å². The summed E-state index contributed by atoms with van der Waals surface area (Å²) in [5, 5.41) is 11.9. The van der Waals surface area contributed by atoms with Gasteiger partial charge in [-0.05, 0) is 32.4 Å². The second kappa shape index (κ2) is 7.61. The maximum atomic E-state index is 13.8. The van der Waals surface area contributed by atoms with E-state index in [0.717, 1.165) is 0 Å². The summed E-state index contributed by atoms with van der Waals surface area (Å²) in [6.45, 7) is 4.83. The lowest BCUT2D eigenvalue weighted by atomic mass is 10.1. The third-order valence-electron chi connectivity index (χ3n) is 3.40. The first-order chi connectivity index (χ1) is 12.4. The second-order valence-corrected chi connectivity index (χ2v) is 8.58. The van der Waals surface area contributed by atoms with Gasteiger partial charge in [0.05, 0.1) is 4.90 Å². The van der Waals surface area contributed by atoms with Crippen molar-refractivity contribution in [3.05, 3.63) is 59.2 Å². The molecule has 0 fully saturated rings. The first kappa shape index (κ1) is 20.8. The minimum Gasteiger partial charge on any atom is -0.507 e. The fourth-order valence-electron chi connectivity index (χ4n) is 2.42. The molecule has 1 amide bonds. The van der Waals surface area contributed by atoms with Crippen molar-refractivity contribution in [2.45, 2.75) is 37.8 Å². The Morgan fingerprint density at radius 2 is 1.78 bits per heavy atom. The van der Waals surface area contributed by atoms with Crippen LogP contribution in [0.4, 0.5) is 8.78 Å². The zero-order valence-electron chi connectivity index (χ0n) is 15.0. The molecule has 0 saturated heterocycles. The molecule has 3 N–H and O–H groups in total. The molecule has 146 valence electrons. The van der Waals surface area contributed by atoms with Gasteiger partial charge in [-0.15, -0.1) is 0 Å². The summed E-state index contributed by atoms with van der Waals surface area (Å²) in [6, 6.07) is 7.09. The van der Waals surface area contributed by atoms with E-state index in [-0.39, 0.29) is 17.0 Å². The number of halogens is 2.